The lowest BCUT2D eigenvalue weighted by Gasteiger charge is -2.20. The predicted molar refractivity (Wildman–Crippen MR) is 207 cm³/mol. The van der Waals surface area contributed by atoms with Crippen molar-refractivity contribution in [1.29, 1.82) is 0 Å². The molecule has 0 atom stereocenters. The summed E-state index contributed by atoms with van der Waals surface area (Å²) in [4.78, 5) is 5.07. The van der Waals surface area contributed by atoms with Crippen molar-refractivity contribution in [1.82, 2.24) is 4.98 Å². The highest BCUT2D eigenvalue weighted by molar-refractivity contribution is 7.85. The summed E-state index contributed by atoms with van der Waals surface area (Å²) in [6.07, 6.45) is 0. The second-order valence-corrected chi connectivity index (χ2v) is 15.5. The Morgan fingerprint density at radius 2 is 0.920 bits per heavy atom. The minimum Gasteiger partial charge on any atom is -0.456 e. The van der Waals surface area contributed by atoms with Gasteiger partial charge in [-0.05, 0) is 83.9 Å². The zero-order chi connectivity index (χ0) is 33.2. The average molecular weight is 662 g/mol. The lowest BCUT2D eigenvalue weighted by atomic mass is 10.00. The van der Waals surface area contributed by atoms with Crippen LogP contribution in [0.3, 0.4) is 0 Å². The van der Waals surface area contributed by atoms with E-state index in [2.05, 4.69) is 60.7 Å². The number of hydrogen-bond donors (Lipinski definition) is 0. The van der Waals surface area contributed by atoms with Crippen LogP contribution in [-0.4, -0.2) is 4.98 Å². The predicted octanol–water partition coefficient (Wildman–Crippen LogP) is 11.0. The molecule has 0 fully saturated rings. The van der Waals surface area contributed by atoms with E-state index in [0.29, 0.717) is 0 Å². The quantitative estimate of drug-likeness (QED) is 0.172. The number of aromatic nitrogens is 1. The number of para-hydroxylation sites is 1. The SMILES string of the molecule is O=P(c1ccccc1)(c1ccccc1)c1ccc2nc(-c3ccc4oc5ccc(-c6ccc7oc8ccccc8c7c6)cc5c4c3)ccc2c1. The smallest absolute Gasteiger partial charge is 0.171 e. The van der Waals surface area contributed by atoms with Gasteiger partial charge in [-0.25, -0.2) is 4.98 Å². The van der Waals surface area contributed by atoms with E-state index in [9.17, 15) is 4.57 Å². The minimum absolute atomic E-state index is 0.791. The Morgan fingerprint density at radius 1 is 0.400 bits per heavy atom. The summed E-state index contributed by atoms with van der Waals surface area (Å²) in [5.74, 6) is 0. The fourth-order valence-corrected chi connectivity index (χ4v) is 9.90. The van der Waals surface area contributed by atoms with Gasteiger partial charge < -0.3 is 13.4 Å². The molecule has 0 saturated heterocycles. The Bertz CT molecular complexity index is 2920. The van der Waals surface area contributed by atoms with Crippen LogP contribution in [0.15, 0.2) is 179 Å². The van der Waals surface area contributed by atoms with Crippen LogP contribution < -0.4 is 15.9 Å². The zero-order valence-electron chi connectivity index (χ0n) is 26.8. The molecular weight excluding hydrogens is 633 g/mol. The summed E-state index contributed by atoms with van der Waals surface area (Å²) in [6, 6.07) is 56.8. The summed E-state index contributed by atoms with van der Waals surface area (Å²) >= 11 is 0. The van der Waals surface area contributed by atoms with Gasteiger partial charge in [-0.1, -0.05) is 97.1 Å². The molecule has 0 aliphatic heterocycles. The van der Waals surface area contributed by atoms with Gasteiger partial charge in [-0.2, -0.15) is 0 Å². The van der Waals surface area contributed by atoms with Crippen LogP contribution in [0.2, 0.25) is 0 Å². The Kier molecular flexibility index (Phi) is 6.42. The summed E-state index contributed by atoms with van der Waals surface area (Å²) < 4.78 is 27.3. The largest absolute Gasteiger partial charge is 0.456 e. The van der Waals surface area contributed by atoms with Crippen molar-refractivity contribution in [2.45, 2.75) is 0 Å². The summed E-state index contributed by atoms with van der Waals surface area (Å²) in [7, 11) is -3.08. The van der Waals surface area contributed by atoms with Gasteiger partial charge >= 0.3 is 0 Å². The first-order valence-electron chi connectivity index (χ1n) is 16.6. The van der Waals surface area contributed by atoms with Crippen LogP contribution in [0.5, 0.6) is 0 Å². The number of pyridine rings is 1. The van der Waals surface area contributed by atoms with Crippen molar-refractivity contribution in [3.63, 3.8) is 0 Å². The monoisotopic (exact) mass is 661 g/mol. The molecule has 0 radical (unpaired) electrons. The third kappa shape index (κ3) is 4.53. The van der Waals surface area contributed by atoms with E-state index in [0.717, 1.165) is 93.1 Å². The number of furan rings is 2. The zero-order valence-corrected chi connectivity index (χ0v) is 27.7. The number of benzene rings is 7. The molecule has 50 heavy (non-hydrogen) atoms. The maximum absolute atomic E-state index is 14.9. The van der Waals surface area contributed by atoms with E-state index in [4.69, 9.17) is 13.8 Å². The van der Waals surface area contributed by atoms with Crippen LogP contribution >= 0.6 is 7.14 Å². The van der Waals surface area contributed by atoms with Gasteiger partial charge in [-0.3, -0.25) is 0 Å². The molecular formula is C45H28NO3P. The van der Waals surface area contributed by atoms with E-state index in [1.807, 2.05) is 109 Å². The highest BCUT2D eigenvalue weighted by Crippen LogP contribution is 2.43. The topological polar surface area (TPSA) is 56.2 Å². The Labute approximate surface area is 287 Å². The van der Waals surface area contributed by atoms with Crippen molar-refractivity contribution in [2.24, 2.45) is 0 Å². The van der Waals surface area contributed by atoms with Gasteiger partial charge in [0.05, 0.1) is 11.2 Å². The third-order valence-electron chi connectivity index (χ3n) is 9.75. The minimum atomic E-state index is -3.08. The lowest BCUT2D eigenvalue weighted by molar-refractivity contribution is 0.592. The van der Waals surface area contributed by atoms with E-state index in [-0.39, 0.29) is 0 Å². The highest BCUT2D eigenvalue weighted by Gasteiger charge is 2.29. The van der Waals surface area contributed by atoms with Crippen LogP contribution in [0.4, 0.5) is 0 Å². The molecule has 10 rings (SSSR count). The molecule has 7 aromatic carbocycles. The van der Waals surface area contributed by atoms with Gasteiger partial charge in [0, 0.05) is 48.4 Å². The lowest BCUT2D eigenvalue weighted by Crippen LogP contribution is -2.24. The molecule has 3 aromatic heterocycles. The van der Waals surface area contributed by atoms with Crippen LogP contribution in [0.1, 0.15) is 0 Å². The molecule has 0 saturated carbocycles. The first-order chi connectivity index (χ1) is 24.6. The van der Waals surface area contributed by atoms with Gasteiger partial charge in [0.15, 0.2) is 7.14 Å². The second-order valence-electron chi connectivity index (χ2n) is 12.7. The number of fused-ring (bicyclic) bond motifs is 7. The van der Waals surface area contributed by atoms with Crippen LogP contribution in [0.25, 0.3) is 77.2 Å². The Balaban J connectivity index is 1.04. The number of rotatable bonds is 5. The highest BCUT2D eigenvalue weighted by atomic mass is 31.2. The van der Waals surface area contributed by atoms with Crippen molar-refractivity contribution >= 4 is 77.8 Å². The molecule has 0 spiro atoms. The molecule has 0 N–H and O–H groups in total. The molecule has 5 heteroatoms. The van der Waals surface area contributed by atoms with Crippen LogP contribution in [0, 0.1) is 0 Å². The van der Waals surface area contributed by atoms with E-state index >= 15 is 0 Å². The summed E-state index contributed by atoms with van der Waals surface area (Å²) in [5, 5.41) is 7.68. The summed E-state index contributed by atoms with van der Waals surface area (Å²) in [6.45, 7) is 0. The summed E-state index contributed by atoms with van der Waals surface area (Å²) in [5.41, 5.74) is 8.40. The molecule has 4 nitrogen and oxygen atoms in total. The number of nitrogens with zero attached hydrogens (tertiary/aromatic N) is 1. The molecule has 236 valence electrons. The van der Waals surface area contributed by atoms with Gasteiger partial charge in [0.2, 0.25) is 0 Å². The standard InChI is InChI=1S/C45H28NO3P/c47-50(33-9-3-1-4-10-33,34-11-5-2-6-12-34)35-19-21-41-31(25-35)15-20-40(46-41)32-18-24-45-39(28-32)38-27-30(17-23-44(38)49-45)29-16-22-43-37(26-29)36-13-7-8-14-42(36)48-43/h1-28H. The molecule has 0 bridgehead atoms. The average Bonchev–Trinajstić information content (AvgIpc) is 3.75. The molecule has 3 heterocycles. The molecule has 0 unspecified atom stereocenters. The van der Waals surface area contributed by atoms with Crippen molar-refractivity contribution in [3.8, 4) is 22.4 Å². The molecule has 0 aliphatic rings. The second kappa shape index (κ2) is 11.2. The van der Waals surface area contributed by atoms with E-state index < -0.39 is 7.14 Å². The van der Waals surface area contributed by atoms with Crippen LogP contribution in [-0.2, 0) is 4.57 Å². The third-order valence-corrected chi connectivity index (χ3v) is 12.8. The fraction of sp³-hybridized carbons (Fsp3) is 0. The van der Waals surface area contributed by atoms with Gasteiger partial charge in [0.25, 0.3) is 0 Å². The molecule has 10 aromatic rings. The van der Waals surface area contributed by atoms with E-state index in [1.54, 1.807) is 0 Å². The van der Waals surface area contributed by atoms with Crippen molar-refractivity contribution in [3.05, 3.63) is 170 Å². The van der Waals surface area contributed by atoms with Gasteiger partial charge in [0.1, 0.15) is 22.3 Å². The number of hydrogen-bond acceptors (Lipinski definition) is 4. The first-order valence-corrected chi connectivity index (χ1v) is 18.3. The van der Waals surface area contributed by atoms with Crippen molar-refractivity contribution in [2.75, 3.05) is 0 Å². The Hall–Kier alpha value is -6.22. The molecule has 0 aliphatic carbocycles. The Morgan fingerprint density at radius 3 is 1.56 bits per heavy atom. The maximum Gasteiger partial charge on any atom is 0.171 e. The molecule has 0 amide bonds. The normalized spacial score (nSPS) is 12.1. The first kappa shape index (κ1) is 28.8. The maximum atomic E-state index is 14.9. The fourth-order valence-electron chi connectivity index (χ4n) is 7.21. The van der Waals surface area contributed by atoms with E-state index in [1.165, 1.54) is 0 Å². The van der Waals surface area contributed by atoms with Gasteiger partial charge in [-0.15, -0.1) is 0 Å². The van der Waals surface area contributed by atoms with Crippen molar-refractivity contribution < 1.29 is 13.4 Å².